The molecule has 1 aliphatic rings. The highest BCUT2D eigenvalue weighted by molar-refractivity contribution is 6.02. The molecule has 1 aromatic heterocycles. The monoisotopic (exact) mass is 387 g/mol. The van der Waals surface area contributed by atoms with Gasteiger partial charge in [0.1, 0.15) is 5.82 Å². The van der Waals surface area contributed by atoms with Crippen LogP contribution < -0.4 is 4.90 Å². The van der Waals surface area contributed by atoms with E-state index < -0.39 is 0 Å². The van der Waals surface area contributed by atoms with Crippen LogP contribution in [0.25, 0.3) is 27.8 Å². The Morgan fingerprint density at radius 2 is 1.43 bits per heavy atom. The first-order valence-corrected chi connectivity index (χ1v) is 10.4. The van der Waals surface area contributed by atoms with E-state index >= 15 is 0 Å². The summed E-state index contributed by atoms with van der Waals surface area (Å²) in [5.41, 5.74) is 9.33. The van der Waals surface area contributed by atoms with Crippen molar-refractivity contribution in [1.29, 1.82) is 0 Å². The molecule has 0 spiro atoms. The third kappa shape index (κ3) is 2.42. The fraction of sp³-hybridized carbons (Fsp3) is 0.0741. The molecular weight excluding hydrogens is 366 g/mol. The lowest BCUT2D eigenvalue weighted by Gasteiger charge is -2.33. The minimum Gasteiger partial charge on any atom is -0.306 e. The lowest BCUT2D eigenvalue weighted by atomic mass is 10.0. The molecule has 3 heteroatoms. The smallest absolute Gasteiger partial charge is 0.114 e. The lowest BCUT2D eigenvalue weighted by molar-refractivity contribution is 0.900. The quantitative estimate of drug-likeness (QED) is 0.325. The van der Waals surface area contributed by atoms with Crippen LogP contribution in [0, 0.1) is 0 Å². The highest BCUT2D eigenvalue weighted by atomic mass is 15.2. The molecule has 0 amide bonds. The van der Waals surface area contributed by atoms with Gasteiger partial charge in [0, 0.05) is 12.1 Å². The normalized spacial score (nSPS) is 12.2. The molecule has 0 saturated heterocycles. The number of benzene rings is 4. The first kappa shape index (κ1) is 17.0. The summed E-state index contributed by atoms with van der Waals surface area (Å²) in [5.74, 6) is 1.10. The van der Waals surface area contributed by atoms with E-state index in [-0.39, 0.29) is 0 Å². The zero-order valence-electron chi connectivity index (χ0n) is 16.8. The van der Waals surface area contributed by atoms with E-state index in [1.165, 1.54) is 33.7 Å². The van der Waals surface area contributed by atoms with Gasteiger partial charge in [0.25, 0.3) is 0 Å². The van der Waals surface area contributed by atoms with Crippen LogP contribution >= 0.6 is 0 Å². The predicted octanol–water partition coefficient (Wildman–Crippen LogP) is 7.04. The van der Waals surface area contributed by atoms with Crippen LogP contribution in [-0.4, -0.2) is 9.55 Å². The van der Waals surface area contributed by atoms with Crippen molar-refractivity contribution in [3.8, 4) is 16.8 Å². The second-order valence-electron chi connectivity index (χ2n) is 7.60. The fourth-order valence-electron chi connectivity index (χ4n) is 4.52. The number of rotatable bonds is 3. The molecule has 144 valence electrons. The molecule has 5 aromatic rings. The van der Waals surface area contributed by atoms with Gasteiger partial charge in [-0.15, -0.1) is 0 Å². The highest BCUT2D eigenvalue weighted by Gasteiger charge is 2.28. The molecule has 0 atom stereocenters. The van der Waals surface area contributed by atoms with Crippen molar-refractivity contribution in [3.63, 3.8) is 0 Å². The van der Waals surface area contributed by atoms with Crippen LogP contribution in [0.4, 0.5) is 17.1 Å². The SMILES string of the molecule is CCc1nc2cccc3c2n1-c1ccc(-c2ccccc2)cc1N3c1ccccc1. The van der Waals surface area contributed by atoms with Gasteiger partial charge in [-0.05, 0) is 47.5 Å². The summed E-state index contributed by atoms with van der Waals surface area (Å²) in [7, 11) is 0. The predicted molar refractivity (Wildman–Crippen MR) is 124 cm³/mol. The van der Waals surface area contributed by atoms with Crippen LogP contribution in [-0.2, 0) is 6.42 Å². The number of nitrogens with zero attached hydrogens (tertiary/aromatic N) is 3. The van der Waals surface area contributed by atoms with Crippen molar-refractivity contribution >= 4 is 28.1 Å². The number of imidazole rings is 1. The fourth-order valence-corrected chi connectivity index (χ4v) is 4.52. The molecule has 0 N–H and O–H groups in total. The summed E-state index contributed by atoms with van der Waals surface area (Å²) in [6, 6.07) is 34.4. The van der Waals surface area contributed by atoms with Gasteiger partial charge in [-0.3, -0.25) is 4.57 Å². The van der Waals surface area contributed by atoms with Gasteiger partial charge in [0.2, 0.25) is 0 Å². The first-order valence-electron chi connectivity index (χ1n) is 10.4. The van der Waals surface area contributed by atoms with E-state index in [2.05, 4.69) is 113 Å². The van der Waals surface area contributed by atoms with Crippen LogP contribution in [0.1, 0.15) is 12.7 Å². The molecule has 2 heterocycles. The minimum absolute atomic E-state index is 0.888. The molecule has 30 heavy (non-hydrogen) atoms. The average Bonchev–Trinajstić information content (AvgIpc) is 3.20. The van der Waals surface area contributed by atoms with Gasteiger partial charge in [0.05, 0.1) is 28.1 Å². The van der Waals surface area contributed by atoms with Crippen LogP contribution in [0.2, 0.25) is 0 Å². The van der Waals surface area contributed by atoms with E-state index in [9.17, 15) is 0 Å². The third-order valence-corrected chi connectivity index (χ3v) is 5.86. The molecule has 3 nitrogen and oxygen atoms in total. The Balaban J connectivity index is 1.70. The average molecular weight is 387 g/mol. The van der Waals surface area contributed by atoms with Crippen molar-refractivity contribution < 1.29 is 0 Å². The van der Waals surface area contributed by atoms with Crippen LogP contribution in [0.5, 0.6) is 0 Å². The number of hydrogen-bond acceptors (Lipinski definition) is 2. The molecule has 0 aliphatic carbocycles. The van der Waals surface area contributed by atoms with Gasteiger partial charge < -0.3 is 4.90 Å². The summed E-state index contributed by atoms with van der Waals surface area (Å²) in [5, 5.41) is 0. The Bertz CT molecular complexity index is 1370. The molecule has 0 radical (unpaired) electrons. The molecule has 0 unspecified atom stereocenters. The van der Waals surface area contributed by atoms with E-state index in [1.54, 1.807) is 0 Å². The van der Waals surface area contributed by atoms with E-state index in [1.807, 2.05) is 0 Å². The van der Waals surface area contributed by atoms with Gasteiger partial charge in [0.15, 0.2) is 0 Å². The van der Waals surface area contributed by atoms with Crippen LogP contribution in [0.15, 0.2) is 97.1 Å². The molecular formula is C27H21N3. The molecule has 0 saturated carbocycles. The van der Waals surface area contributed by atoms with Crippen molar-refractivity contribution in [2.45, 2.75) is 13.3 Å². The lowest BCUT2D eigenvalue weighted by Crippen LogP contribution is -2.19. The van der Waals surface area contributed by atoms with E-state index in [4.69, 9.17) is 4.98 Å². The van der Waals surface area contributed by atoms with Crippen LogP contribution in [0.3, 0.4) is 0 Å². The zero-order chi connectivity index (χ0) is 20.1. The Hall–Kier alpha value is -3.85. The maximum absolute atomic E-state index is 4.95. The van der Waals surface area contributed by atoms with Crippen molar-refractivity contribution in [2.24, 2.45) is 0 Å². The van der Waals surface area contributed by atoms with Gasteiger partial charge in [-0.25, -0.2) is 4.98 Å². The standard InChI is InChI=1S/C27H21N3/c1-2-26-28-22-14-9-15-24-27(22)30(26)23-17-16-20(19-10-5-3-6-11-19)18-25(23)29(24)21-12-7-4-8-13-21/h3-18H,2H2,1H3. The molecule has 4 aromatic carbocycles. The highest BCUT2D eigenvalue weighted by Crippen LogP contribution is 2.47. The van der Waals surface area contributed by atoms with Crippen molar-refractivity contribution in [2.75, 3.05) is 4.90 Å². The van der Waals surface area contributed by atoms with Gasteiger partial charge in [-0.1, -0.05) is 67.6 Å². The summed E-state index contributed by atoms with van der Waals surface area (Å²) < 4.78 is 2.34. The largest absolute Gasteiger partial charge is 0.306 e. The molecule has 0 fully saturated rings. The van der Waals surface area contributed by atoms with Crippen molar-refractivity contribution in [3.05, 3.63) is 103 Å². The number of aromatic nitrogens is 2. The number of aryl methyl sites for hydroxylation is 1. The Kier molecular flexibility index (Phi) is 3.75. The molecule has 0 bridgehead atoms. The number of fused-ring (bicyclic) bond motifs is 2. The summed E-state index contributed by atoms with van der Waals surface area (Å²) in [6.07, 6.45) is 0.888. The van der Waals surface area contributed by atoms with Crippen molar-refractivity contribution in [1.82, 2.24) is 9.55 Å². The summed E-state index contributed by atoms with van der Waals surface area (Å²) >= 11 is 0. The van der Waals surface area contributed by atoms with Gasteiger partial charge >= 0.3 is 0 Å². The summed E-state index contributed by atoms with van der Waals surface area (Å²) in [4.78, 5) is 7.31. The maximum atomic E-state index is 4.95. The summed E-state index contributed by atoms with van der Waals surface area (Å²) in [6.45, 7) is 2.17. The second-order valence-corrected chi connectivity index (χ2v) is 7.60. The molecule has 6 rings (SSSR count). The van der Waals surface area contributed by atoms with Gasteiger partial charge in [-0.2, -0.15) is 0 Å². The third-order valence-electron chi connectivity index (χ3n) is 5.86. The van der Waals surface area contributed by atoms with E-state index in [0.717, 1.165) is 23.4 Å². The number of hydrogen-bond donors (Lipinski definition) is 0. The number of anilines is 3. The topological polar surface area (TPSA) is 21.1 Å². The Labute approximate surface area is 175 Å². The molecule has 1 aliphatic heterocycles. The number of para-hydroxylation sites is 2. The second kappa shape index (κ2) is 6.60. The van der Waals surface area contributed by atoms with E-state index in [0.29, 0.717) is 0 Å². The minimum atomic E-state index is 0.888. The Morgan fingerprint density at radius 3 is 2.20 bits per heavy atom. The Morgan fingerprint density at radius 1 is 0.667 bits per heavy atom. The maximum Gasteiger partial charge on any atom is 0.114 e. The zero-order valence-corrected chi connectivity index (χ0v) is 16.8. The first-order chi connectivity index (χ1) is 14.8.